The van der Waals surface area contributed by atoms with Gasteiger partial charge in [0, 0.05) is 22.3 Å². The normalized spacial score (nSPS) is 15.6. The molecular weight excluding hydrogens is 433 g/mol. The van der Waals surface area contributed by atoms with Gasteiger partial charge in [-0.3, -0.25) is 14.9 Å². The molecular formula is C26H22FN5O2. The molecule has 1 aliphatic heterocycles. The predicted molar refractivity (Wildman–Crippen MR) is 129 cm³/mol. The molecule has 5 rings (SSSR count). The van der Waals surface area contributed by atoms with Gasteiger partial charge in [-0.15, -0.1) is 0 Å². The Morgan fingerprint density at radius 1 is 1.06 bits per heavy atom. The molecule has 0 aliphatic carbocycles. The maximum Gasteiger partial charge on any atom is 0.255 e. The summed E-state index contributed by atoms with van der Waals surface area (Å²) in [6.07, 6.45) is 1.70. The first-order chi connectivity index (χ1) is 16.5. The Morgan fingerprint density at radius 2 is 1.82 bits per heavy atom. The molecule has 1 aromatic heterocycles. The number of ether oxygens (including phenoxy) is 1. The second-order valence-electron chi connectivity index (χ2n) is 7.95. The number of fused-ring (bicyclic) bond motifs is 1. The quantitative estimate of drug-likeness (QED) is 0.406. The van der Waals surface area contributed by atoms with Crippen molar-refractivity contribution in [3.05, 3.63) is 101 Å². The first-order valence-electron chi connectivity index (χ1n) is 10.7. The number of aliphatic imine (C=N–C) groups is 1. The van der Waals surface area contributed by atoms with E-state index in [-0.39, 0.29) is 11.7 Å². The molecule has 34 heavy (non-hydrogen) atoms. The number of anilines is 1. The minimum atomic E-state index is -0.614. The molecule has 1 atom stereocenters. The van der Waals surface area contributed by atoms with Crippen LogP contribution in [0, 0.1) is 5.82 Å². The van der Waals surface area contributed by atoms with Crippen LogP contribution in [0.5, 0.6) is 5.75 Å². The summed E-state index contributed by atoms with van der Waals surface area (Å²) in [5.74, 6) is 0.708. The van der Waals surface area contributed by atoms with Crippen LogP contribution in [0.25, 0.3) is 10.9 Å². The van der Waals surface area contributed by atoms with Crippen molar-refractivity contribution in [2.75, 3.05) is 12.4 Å². The lowest BCUT2D eigenvalue weighted by Gasteiger charge is -2.27. The highest BCUT2D eigenvalue weighted by Gasteiger charge is 2.30. The fraction of sp³-hybridized carbons (Fsp3) is 0.115. The Labute approximate surface area is 195 Å². The van der Waals surface area contributed by atoms with Crippen molar-refractivity contribution >= 4 is 28.3 Å². The number of aromatic amines is 1. The standard InChI is InChI=1S/C26H22FN5O2/c1-15-23(26(33)30-20-9-12-22-18(13-20)14-28-32-22)24(16-3-7-19(27)8-4-16)31-25(29-15)17-5-10-21(34-2)11-6-17/h3-14,24H,1-2H3,(H,28,32)(H,29,31)(H,30,33). The molecule has 0 saturated heterocycles. The molecule has 2 heterocycles. The fourth-order valence-corrected chi connectivity index (χ4v) is 3.97. The van der Waals surface area contributed by atoms with Gasteiger partial charge in [0.05, 0.1) is 24.4 Å². The molecule has 3 N–H and O–H groups in total. The third kappa shape index (κ3) is 4.13. The average Bonchev–Trinajstić information content (AvgIpc) is 3.32. The molecule has 4 aromatic rings. The Morgan fingerprint density at radius 3 is 2.56 bits per heavy atom. The van der Waals surface area contributed by atoms with Crippen molar-refractivity contribution in [3.8, 4) is 5.75 Å². The summed E-state index contributed by atoms with van der Waals surface area (Å²) in [6, 6.07) is 18.4. The molecule has 1 unspecified atom stereocenters. The third-order valence-electron chi connectivity index (χ3n) is 5.73. The van der Waals surface area contributed by atoms with E-state index in [1.165, 1.54) is 12.1 Å². The molecule has 1 amide bonds. The van der Waals surface area contributed by atoms with Gasteiger partial charge in [-0.25, -0.2) is 4.39 Å². The number of hydrogen-bond acceptors (Lipinski definition) is 5. The van der Waals surface area contributed by atoms with E-state index in [2.05, 4.69) is 20.8 Å². The number of aromatic nitrogens is 2. The highest BCUT2D eigenvalue weighted by molar-refractivity contribution is 6.09. The van der Waals surface area contributed by atoms with Gasteiger partial charge in [0.25, 0.3) is 5.91 Å². The van der Waals surface area contributed by atoms with Gasteiger partial charge >= 0.3 is 0 Å². The van der Waals surface area contributed by atoms with Gasteiger partial charge in [-0.2, -0.15) is 5.10 Å². The zero-order valence-corrected chi connectivity index (χ0v) is 18.6. The zero-order valence-electron chi connectivity index (χ0n) is 18.6. The van der Waals surface area contributed by atoms with Crippen LogP contribution in [0.3, 0.4) is 0 Å². The predicted octanol–water partition coefficient (Wildman–Crippen LogP) is 4.71. The molecule has 0 radical (unpaired) electrons. The van der Waals surface area contributed by atoms with Gasteiger partial charge in [0.2, 0.25) is 0 Å². The number of benzene rings is 3. The first kappa shape index (κ1) is 21.4. The van der Waals surface area contributed by atoms with Crippen molar-refractivity contribution in [1.82, 2.24) is 15.5 Å². The summed E-state index contributed by atoms with van der Waals surface area (Å²) < 4.78 is 18.9. The van der Waals surface area contributed by atoms with Crippen LogP contribution in [-0.2, 0) is 4.79 Å². The van der Waals surface area contributed by atoms with E-state index < -0.39 is 6.04 Å². The molecule has 1 aliphatic rings. The fourth-order valence-electron chi connectivity index (χ4n) is 3.97. The molecule has 0 bridgehead atoms. The lowest BCUT2D eigenvalue weighted by atomic mass is 9.94. The largest absolute Gasteiger partial charge is 0.497 e. The van der Waals surface area contributed by atoms with E-state index in [0.717, 1.165) is 22.2 Å². The number of halogens is 1. The van der Waals surface area contributed by atoms with Crippen LogP contribution in [0.1, 0.15) is 24.1 Å². The molecule has 170 valence electrons. The van der Waals surface area contributed by atoms with Gasteiger partial charge in [-0.1, -0.05) is 12.1 Å². The second kappa shape index (κ2) is 8.82. The van der Waals surface area contributed by atoms with E-state index >= 15 is 0 Å². The summed E-state index contributed by atoms with van der Waals surface area (Å²) in [6.45, 7) is 1.84. The van der Waals surface area contributed by atoms with Gasteiger partial charge in [-0.05, 0) is 67.1 Å². The second-order valence-corrected chi connectivity index (χ2v) is 7.95. The van der Waals surface area contributed by atoms with Crippen LogP contribution in [0.4, 0.5) is 10.1 Å². The van der Waals surface area contributed by atoms with E-state index in [1.807, 2.05) is 49.4 Å². The number of hydrogen-bond donors (Lipinski definition) is 3. The number of methoxy groups -OCH3 is 1. The van der Waals surface area contributed by atoms with E-state index in [4.69, 9.17) is 9.73 Å². The van der Waals surface area contributed by atoms with Crippen LogP contribution >= 0.6 is 0 Å². The summed E-state index contributed by atoms with van der Waals surface area (Å²) in [7, 11) is 1.61. The lowest BCUT2D eigenvalue weighted by molar-refractivity contribution is -0.113. The maximum absolute atomic E-state index is 13.6. The maximum atomic E-state index is 13.6. The minimum absolute atomic E-state index is 0.292. The number of nitrogens with one attached hydrogen (secondary N) is 3. The van der Waals surface area contributed by atoms with Crippen LogP contribution in [0.15, 0.2) is 89.2 Å². The Balaban J connectivity index is 1.51. The third-order valence-corrected chi connectivity index (χ3v) is 5.73. The summed E-state index contributed by atoms with van der Waals surface area (Å²) in [5, 5.41) is 14.0. The van der Waals surface area contributed by atoms with Crippen LogP contribution < -0.4 is 15.4 Å². The molecule has 0 fully saturated rings. The average molecular weight is 455 g/mol. The number of amides is 1. The zero-order chi connectivity index (χ0) is 23.7. The van der Waals surface area contributed by atoms with Gasteiger partial charge in [0.15, 0.2) is 0 Å². The van der Waals surface area contributed by atoms with Gasteiger partial charge in [0.1, 0.15) is 23.4 Å². The Kier molecular flexibility index (Phi) is 5.55. The van der Waals surface area contributed by atoms with Crippen LogP contribution in [-0.4, -0.2) is 29.0 Å². The molecule has 3 aromatic carbocycles. The van der Waals surface area contributed by atoms with Gasteiger partial charge < -0.3 is 15.4 Å². The smallest absolute Gasteiger partial charge is 0.255 e. The number of amidine groups is 1. The Hall–Kier alpha value is -4.46. The van der Waals surface area contributed by atoms with E-state index in [0.29, 0.717) is 28.4 Å². The highest BCUT2D eigenvalue weighted by Crippen LogP contribution is 2.33. The number of nitrogens with zero attached hydrogens (tertiary/aromatic N) is 2. The van der Waals surface area contributed by atoms with Crippen molar-refractivity contribution in [3.63, 3.8) is 0 Å². The number of allylic oxidation sites excluding steroid dienone is 1. The number of rotatable bonds is 5. The first-order valence-corrected chi connectivity index (χ1v) is 10.7. The number of H-pyrrole nitrogens is 1. The molecule has 0 spiro atoms. The highest BCUT2D eigenvalue weighted by atomic mass is 19.1. The summed E-state index contributed by atoms with van der Waals surface area (Å²) in [5.41, 5.74) is 4.20. The lowest BCUT2D eigenvalue weighted by Crippen LogP contribution is -2.34. The molecule has 8 heteroatoms. The van der Waals surface area contributed by atoms with E-state index in [9.17, 15) is 9.18 Å². The summed E-state index contributed by atoms with van der Waals surface area (Å²) >= 11 is 0. The molecule has 7 nitrogen and oxygen atoms in total. The van der Waals surface area contributed by atoms with Crippen molar-refractivity contribution in [2.45, 2.75) is 13.0 Å². The minimum Gasteiger partial charge on any atom is -0.497 e. The SMILES string of the molecule is COc1ccc(C2=NC(c3ccc(F)cc3)C(C(=O)Nc3ccc4[nH]ncc4c3)=C(C)N2)cc1. The monoisotopic (exact) mass is 455 g/mol. The van der Waals surface area contributed by atoms with E-state index in [1.54, 1.807) is 25.4 Å². The topological polar surface area (TPSA) is 91.4 Å². The number of carbonyl (C=O) groups is 1. The van der Waals surface area contributed by atoms with Crippen molar-refractivity contribution < 1.29 is 13.9 Å². The number of carbonyl (C=O) groups excluding carboxylic acids is 1. The molecule has 0 saturated carbocycles. The van der Waals surface area contributed by atoms with Crippen molar-refractivity contribution in [2.24, 2.45) is 4.99 Å². The Bertz CT molecular complexity index is 1420. The summed E-state index contributed by atoms with van der Waals surface area (Å²) in [4.78, 5) is 18.3. The van der Waals surface area contributed by atoms with Crippen LogP contribution in [0.2, 0.25) is 0 Å². The van der Waals surface area contributed by atoms with Crippen molar-refractivity contribution in [1.29, 1.82) is 0 Å².